The van der Waals surface area contributed by atoms with E-state index in [1.54, 1.807) is 0 Å². The molecule has 316 valence electrons. The van der Waals surface area contributed by atoms with E-state index in [4.69, 9.17) is 4.42 Å². The Labute approximate surface area is 392 Å². The lowest BCUT2D eigenvalue weighted by molar-refractivity contribution is 0.660. The molecule has 0 unspecified atom stereocenters. The molecule has 0 atom stereocenters. The molecule has 10 aromatic carbocycles. The minimum Gasteiger partial charge on any atom is -0.456 e. The van der Waals surface area contributed by atoms with Gasteiger partial charge in [0.05, 0.1) is 16.4 Å². The van der Waals surface area contributed by atoms with Crippen LogP contribution in [0.5, 0.6) is 0 Å². The number of benzene rings is 10. The molecule has 0 N–H and O–H groups in total. The number of fused-ring (bicyclic) bond motifs is 13. The maximum absolute atomic E-state index is 6.38. The van der Waals surface area contributed by atoms with Gasteiger partial charge in [-0.15, -0.1) is 11.3 Å². The van der Waals surface area contributed by atoms with Gasteiger partial charge in [0.1, 0.15) is 11.2 Å². The van der Waals surface area contributed by atoms with Crippen LogP contribution < -0.4 is 4.90 Å². The summed E-state index contributed by atoms with van der Waals surface area (Å²) in [5.41, 5.74) is 18.7. The van der Waals surface area contributed by atoms with E-state index < -0.39 is 0 Å². The summed E-state index contributed by atoms with van der Waals surface area (Å²) in [6, 6.07) is 80.1. The van der Waals surface area contributed by atoms with E-state index in [0.717, 1.165) is 50.3 Å². The van der Waals surface area contributed by atoms with Crippen molar-refractivity contribution in [1.82, 2.24) is 4.57 Å². The number of hydrogen-bond donors (Lipinski definition) is 0. The molecule has 4 heteroatoms. The van der Waals surface area contributed by atoms with Crippen LogP contribution in [-0.2, 0) is 5.41 Å². The van der Waals surface area contributed by atoms with Crippen molar-refractivity contribution < 1.29 is 4.42 Å². The quantitative estimate of drug-likeness (QED) is 0.166. The predicted octanol–water partition coefficient (Wildman–Crippen LogP) is 18.2. The van der Waals surface area contributed by atoms with Crippen LogP contribution >= 0.6 is 11.3 Å². The minimum absolute atomic E-state index is 0.116. The van der Waals surface area contributed by atoms with Crippen LogP contribution in [0.2, 0.25) is 0 Å². The second-order valence-corrected chi connectivity index (χ2v) is 19.6. The van der Waals surface area contributed by atoms with Crippen molar-refractivity contribution in [2.75, 3.05) is 4.90 Å². The van der Waals surface area contributed by atoms with E-state index in [9.17, 15) is 0 Å². The molecule has 0 saturated carbocycles. The van der Waals surface area contributed by atoms with Crippen molar-refractivity contribution in [2.45, 2.75) is 19.3 Å². The van der Waals surface area contributed by atoms with Gasteiger partial charge in [-0.25, -0.2) is 0 Å². The molecule has 0 amide bonds. The second kappa shape index (κ2) is 14.4. The summed E-state index contributed by atoms with van der Waals surface area (Å²) in [6.07, 6.45) is 0. The lowest BCUT2D eigenvalue weighted by Crippen LogP contribution is -2.16. The standard InChI is InChI=1S/C63H42N2OS/c1-63(2)54-15-7-3-11-47(54)48-33-32-46(38-55(48)63)64(44-28-23-41(24-29-44)42-25-36-60-53(37-42)50-13-6-10-18-59(50)67-60)43-26-19-39(20-27-43)40-21-30-45(31-22-40)65-56-16-8-4-12-49(56)51-34-35-58-61(62(51)65)52-14-5-9-17-57(52)66-58/h3-38H,1-2H3. The van der Waals surface area contributed by atoms with Crippen molar-refractivity contribution in [3.8, 4) is 39.1 Å². The third-order valence-electron chi connectivity index (χ3n) is 14.4. The summed E-state index contributed by atoms with van der Waals surface area (Å²) in [5.74, 6) is 0. The largest absolute Gasteiger partial charge is 0.456 e. The van der Waals surface area contributed by atoms with Crippen molar-refractivity contribution in [3.63, 3.8) is 0 Å². The average molecular weight is 875 g/mol. The van der Waals surface area contributed by atoms with E-state index in [2.05, 4.69) is 236 Å². The van der Waals surface area contributed by atoms with Crippen LogP contribution in [0, 0.1) is 0 Å². The Kier molecular flexibility index (Phi) is 8.20. The number of nitrogens with zero attached hydrogens (tertiary/aromatic N) is 2. The molecular formula is C63H42N2OS. The van der Waals surface area contributed by atoms with Crippen molar-refractivity contribution in [1.29, 1.82) is 0 Å². The van der Waals surface area contributed by atoms with Gasteiger partial charge in [-0.05, 0) is 136 Å². The zero-order valence-electron chi connectivity index (χ0n) is 37.0. The molecule has 0 saturated heterocycles. The molecule has 3 heterocycles. The van der Waals surface area contributed by atoms with Crippen LogP contribution in [0.1, 0.15) is 25.0 Å². The number of furan rings is 1. The zero-order chi connectivity index (χ0) is 44.4. The smallest absolute Gasteiger partial charge is 0.137 e. The van der Waals surface area contributed by atoms with Crippen LogP contribution in [-0.4, -0.2) is 4.57 Å². The molecule has 0 radical (unpaired) electrons. The van der Waals surface area contributed by atoms with Crippen LogP contribution in [0.25, 0.3) is 103 Å². The molecule has 67 heavy (non-hydrogen) atoms. The van der Waals surface area contributed by atoms with E-state index in [-0.39, 0.29) is 5.41 Å². The van der Waals surface area contributed by atoms with Crippen molar-refractivity contribution >= 4 is 92.3 Å². The van der Waals surface area contributed by atoms with Crippen molar-refractivity contribution in [3.05, 3.63) is 230 Å². The van der Waals surface area contributed by atoms with E-state index in [1.165, 1.54) is 80.9 Å². The number of hydrogen-bond acceptors (Lipinski definition) is 3. The number of aromatic nitrogens is 1. The fourth-order valence-corrected chi connectivity index (χ4v) is 12.2. The van der Waals surface area contributed by atoms with Gasteiger partial charge >= 0.3 is 0 Å². The van der Waals surface area contributed by atoms with Crippen LogP contribution in [0.15, 0.2) is 223 Å². The summed E-state index contributed by atoms with van der Waals surface area (Å²) >= 11 is 1.86. The Morgan fingerprint density at radius 3 is 1.81 bits per heavy atom. The monoisotopic (exact) mass is 874 g/mol. The maximum atomic E-state index is 6.38. The highest BCUT2D eigenvalue weighted by Gasteiger charge is 2.35. The topological polar surface area (TPSA) is 21.3 Å². The molecule has 3 nitrogen and oxygen atoms in total. The Balaban J connectivity index is 0.848. The molecule has 13 aromatic rings. The first kappa shape index (κ1) is 38.1. The van der Waals surface area contributed by atoms with Gasteiger partial charge in [0.2, 0.25) is 0 Å². The fourth-order valence-electron chi connectivity index (χ4n) is 11.1. The number of para-hydroxylation sites is 2. The minimum atomic E-state index is -0.116. The molecule has 3 aromatic heterocycles. The van der Waals surface area contributed by atoms with Gasteiger partial charge in [-0.2, -0.15) is 0 Å². The lowest BCUT2D eigenvalue weighted by Gasteiger charge is -2.28. The molecule has 14 rings (SSSR count). The number of anilines is 3. The first-order valence-electron chi connectivity index (χ1n) is 23.1. The fraction of sp³-hybridized carbons (Fsp3) is 0.0476. The highest BCUT2D eigenvalue weighted by atomic mass is 32.1. The van der Waals surface area contributed by atoms with Gasteiger partial charge < -0.3 is 13.9 Å². The van der Waals surface area contributed by atoms with Gasteiger partial charge in [0.25, 0.3) is 0 Å². The highest BCUT2D eigenvalue weighted by molar-refractivity contribution is 7.25. The van der Waals surface area contributed by atoms with E-state index >= 15 is 0 Å². The third-order valence-corrected chi connectivity index (χ3v) is 15.6. The Bertz CT molecular complexity index is 4110. The Morgan fingerprint density at radius 2 is 1.01 bits per heavy atom. The molecule has 0 fully saturated rings. The first-order chi connectivity index (χ1) is 33.0. The SMILES string of the molecule is CC1(C)c2ccccc2-c2ccc(N(c3ccc(-c4ccc(-n5c6ccccc6c6ccc7oc8ccccc8c7c65)cc4)cc3)c3ccc(-c4ccc5sc6ccccc6c5c4)cc3)cc21. The third kappa shape index (κ3) is 5.76. The zero-order valence-corrected chi connectivity index (χ0v) is 37.8. The highest BCUT2D eigenvalue weighted by Crippen LogP contribution is 2.51. The summed E-state index contributed by atoms with van der Waals surface area (Å²) in [4.78, 5) is 2.41. The second-order valence-electron chi connectivity index (χ2n) is 18.5. The van der Waals surface area contributed by atoms with E-state index in [0.29, 0.717) is 0 Å². The van der Waals surface area contributed by atoms with Crippen LogP contribution in [0.3, 0.4) is 0 Å². The molecule has 1 aliphatic carbocycles. The van der Waals surface area contributed by atoms with Gasteiger partial charge in [-0.1, -0.05) is 141 Å². The maximum Gasteiger partial charge on any atom is 0.137 e. The van der Waals surface area contributed by atoms with E-state index in [1.807, 2.05) is 17.4 Å². The molecule has 1 aliphatic rings. The normalized spacial score (nSPS) is 13.0. The molecular weight excluding hydrogens is 833 g/mol. The van der Waals surface area contributed by atoms with Gasteiger partial charge in [-0.3, -0.25) is 0 Å². The Hall–Kier alpha value is -8.18. The Morgan fingerprint density at radius 1 is 0.418 bits per heavy atom. The van der Waals surface area contributed by atoms with Gasteiger partial charge in [0, 0.05) is 64.5 Å². The lowest BCUT2D eigenvalue weighted by atomic mass is 9.82. The summed E-state index contributed by atoms with van der Waals surface area (Å²) in [7, 11) is 0. The van der Waals surface area contributed by atoms with Gasteiger partial charge in [0.15, 0.2) is 0 Å². The van der Waals surface area contributed by atoms with Crippen LogP contribution in [0.4, 0.5) is 17.1 Å². The number of rotatable bonds is 6. The summed E-state index contributed by atoms with van der Waals surface area (Å²) in [5, 5.41) is 7.37. The average Bonchev–Trinajstić information content (AvgIpc) is 4.11. The summed E-state index contributed by atoms with van der Waals surface area (Å²) in [6.45, 7) is 4.71. The molecule has 0 aliphatic heterocycles. The first-order valence-corrected chi connectivity index (χ1v) is 23.9. The molecule has 0 bridgehead atoms. The predicted molar refractivity (Wildman–Crippen MR) is 284 cm³/mol. The van der Waals surface area contributed by atoms with Crippen molar-refractivity contribution in [2.24, 2.45) is 0 Å². The summed E-state index contributed by atoms with van der Waals surface area (Å²) < 4.78 is 11.4. The number of thiophene rings is 1. The molecule has 0 spiro atoms.